The molecule has 1 aliphatic heterocycles. The number of hydrogen-bond acceptors (Lipinski definition) is 5. The summed E-state index contributed by atoms with van der Waals surface area (Å²) in [7, 11) is -4.05. The van der Waals surface area contributed by atoms with Crippen molar-refractivity contribution in [2.45, 2.75) is 50.6 Å². The fraction of sp³-hybridized carbons (Fsp3) is 0.429. The third-order valence-electron chi connectivity index (χ3n) is 5.15. The van der Waals surface area contributed by atoms with E-state index >= 15 is 0 Å². The Morgan fingerprint density at radius 1 is 1.09 bits per heavy atom. The molecule has 2 aromatic carbocycles. The highest BCUT2D eigenvalue weighted by Crippen LogP contribution is 2.58. The van der Waals surface area contributed by atoms with Crippen LogP contribution in [-0.2, 0) is 32.6 Å². The van der Waals surface area contributed by atoms with Crippen LogP contribution in [0, 0.1) is 0 Å². The largest absolute Gasteiger partial charge is 0.493 e. The highest BCUT2D eigenvalue weighted by molar-refractivity contribution is 7.48. The average molecular weight is 528 g/mol. The summed E-state index contributed by atoms with van der Waals surface area (Å²) in [5, 5.41) is 0.849. The number of rotatable bonds is 9. The lowest BCUT2D eigenvalue weighted by molar-refractivity contribution is -0.156. The number of phosphoric acid groups is 1. The fourth-order valence-electron chi connectivity index (χ4n) is 3.26. The molecule has 3 rings (SSSR count). The van der Waals surface area contributed by atoms with Gasteiger partial charge in [-0.3, -0.25) is 9.05 Å². The van der Waals surface area contributed by atoms with E-state index < -0.39 is 31.4 Å². The Labute approximate surface area is 199 Å². The van der Waals surface area contributed by atoms with Crippen LogP contribution in [0.1, 0.15) is 36.5 Å². The predicted octanol–water partition coefficient (Wildman–Crippen LogP) is 6.15. The van der Waals surface area contributed by atoms with E-state index in [-0.39, 0.29) is 25.2 Å². The van der Waals surface area contributed by atoms with Crippen molar-refractivity contribution in [2.24, 2.45) is 5.73 Å². The number of benzene rings is 2. The first-order valence-corrected chi connectivity index (χ1v) is 12.3. The molecule has 1 saturated heterocycles. The van der Waals surface area contributed by atoms with Crippen LogP contribution in [0.25, 0.3) is 0 Å². The molecule has 12 heteroatoms. The summed E-state index contributed by atoms with van der Waals surface area (Å²) in [6, 6.07) is 9.00. The van der Waals surface area contributed by atoms with Crippen molar-refractivity contribution in [3.8, 4) is 5.75 Å². The molecule has 0 radical (unpaired) electrons. The first-order chi connectivity index (χ1) is 15.3. The summed E-state index contributed by atoms with van der Waals surface area (Å²) in [5.41, 5.74) is 5.29. The molecule has 1 aliphatic rings. The van der Waals surface area contributed by atoms with Crippen molar-refractivity contribution < 1.29 is 36.4 Å². The lowest BCUT2D eigenvalue weighted by Gasteiger charge is -2.40. The van der Waals surface area contributed by atoms with Crippen molar-refractivity contribution >= 4 is 31.0 Å². The molecule has 6 nitrogen and oxygen atoms in total. The minimum absolute atomic E-state index is 0.0844. The highest BCUT2D eigenvalue weighted by atomic mass is 35.5. The summed E-state index contributed by atoms with van der Waals surface area (Å²) in [6.07, 6.45) is -4.32. The predicted molar refractivity (Wildman–Crippen MR) is 118 cm³/mol. The van der Waals surface area contributed by atoms with Gasteiger partial charge in [0.2, 0.25) is 0 Å². The Hall–Kier alpha value is -1.32. The Balaban J connectivity index is 1.59. The second kappa shape index (κ2) is 10.1. The number of ether oxygens (including phenoxy) is 1. The van der Waals surface area contributed by atoms with Gasteiger partial charge in [-0.25, -0.2) is 4.57 Å². The summed E-state index contributed by atoms with van der Waals surface area (Å²) in [4.78, 5) is 9.07. The Bertz CT molecular complexity index is 1040. The molecule has 0 spiro atoms. The second-order valence-electron chi connectivity index (χ2n) is 8.05. The van der Waals surface area contributed by atoms with Crippen molar-refractivity contribution in [1.29, 1.82) is 0 Å². The van der Waals surface area contributed by atoms with Gasteiger partial charge in [0.25, 0.3) is 0 Å². The Morgan fingerprint density at radius 3 is 2.33 bits per heavy atom. The zero-order chi connectivity index (χ0) is 24.4. The number of phosphoric ester groups is 1. The van der Waals surface area contributed by atoms with Crippen LogP contribution in [0.4, 0.5) is 13.2 Å². The number of hydrogen-bond donors (Lipinski definition) is 2. The molecule has 3 N–H and O–H groups in total. The SMILES string of the molecule is CC(N)(CCc1ccc(OCCCc2ccc(Cl)c(Cl)c2)c(C(F)(F)F)c1)C1OP(=O)(O)O1. The normalized spacial score (nSPS) is 22.5. The molecule has 0 bridgehead atoms. The summed E-state index contributed by atoms with van der Waals surface area (Å²) >= 11 is 11.8. The molecule has 1 atom stereocenters. The van der Waals surface area contributed by atoms with Crippen molar-refractivity contribution in [1.82, 2.24) is 0 Å². The highest BCUT2D eigenvalue weighted by Gasteiger charge is 2.50. The molecule has 1 fully saturated rings. The van der Waals surface area contributed by atoms with E-state index in [1.54, 1.807) is 18.2 Å². The lowest BCUT2D eigenvalue weighted by atomic mass is 9.93. The molecular formula is C21H23Cl2F3NO5P. The van der Waals surface area contributed by atoms with Gasteiger partial charge in [0.1, 0.15) is 5.75 Å². The molecule has 1 heterocycles. The summed E-state index contributed by atoms with van der Waals surface area (Å²) in [6.45, 7) is 1.62. The van der Waals surface area contributed by atoms with Gasteiger partial charge >= 0.3 is 14.0 Å². The molecule has 0 aliphatic carbocycles. The van der Waals surface area contributed by atoms with Gasteiger partial charge in [-0.05, 0) is 68.0 Å². The van der Waals surface area contributed by atoms with E-state index in [0.29, 0.717) is 28.5 Å². The fourth-order valence-corrected chi connectivity index (χ4v) is 4.56. The topological polar surface area (TPSA) is 91.0 Å². The van der Waals surface area contributed by atoms with Crippen molar-refractivity contribution in [3.63, 3.8) is 0 Å². The first-order valence-electron chi connectivity index (χ1n) is 10.0. The zero-order valence-corrected chi connectivity index (χ0v) is 20.0. The molecule has 0 saturated carbocycles. The number of halogens is 5. The van der Waals surface area contributed by atoms with E-state index in [2.05, 4.69) is 0 Å². The van der Waals surface area contributed by atoms with Gasteiger partial charge in [0, 0.05) is 0 Å². The number of nitrogens with two attached hydrogens (primary N) is 1. The van der Waals surface area contributed by atoms with Gasteiger partial charge in [-0.1, -0.05) is 35.3 Å². The van der Waals surface area contributed by atoms with Crippen molar-refractivity contribution in [3.05, 3.63) is 63.1 Å². The van der Waals surface area contributed by atoms with Gasteiger partial charge in [0.05, 0.1) is 27.8 Å². The quantitative estimate of drug-likeness (QED) is 0.300. The van der Waals surface area contributed by atoms with Crippen molar-refractivity contribution in [2.75, 3.05) is 6.61 Å². The average Bonchev–Trinajstić information content (AvgIpc) is 2.70. The smallest absolute Gasteiger partial charge is 0.477 e. The van der Waals surface area contributed by atoms with Crippen LogP contribution in [0.3, 0.4) is 0 Å². The van der Waals surface area contributed by atoms with Gasteiger partial charge in [0.15, 0.2) is 6.29 Å². The van der Waals surface area contributed by atoms with Crippen LogP contribution in [0.5, 0.6) is 5.75 Å². The van der Waals surface area contributed by atoms with Crippen LogP contribution in [0.2, 0.25) is 10.0 Å². The van der Waals surface area contributed by atoms with E-state index in [9.17, 15) is 17.7 Å². The van der Waals surface area contributed by atoms with E-state index in [1.807, 2.05) is 0 Å². The monoisotopic (exact) mass is 527 g/mol. The second-order valence-corrected chi connectivity index (χ2v) is 10.2. The Kier molecular flexibility index (Phi) is 8.06. The van der Waals surface area contributed by atoms with E-state index in [1.165, 1.54) is 19.1 Å². The van der Waals surface area contributed by atoms with E-state index in [4.69, 9.17) is 47.6 Å². The third kappa shape index (κ3) is 7.09. The van der Waals surface area contributed by atoms with Crippen LogP contribution in [-0.4, -0.2) is 23.3 Å². The van der Waals surface area contributed by atoms with Crippen LogP contribution < -0.4 is 10.5 Å². The van der Waals surface area contributed by atoms with Crippen LogP contribution >= 0.6 is 31.0 Å². The molecule has 0 aromatic heterocycles. The maximum Gasteiger partial charge on any atom is 0.477 e. The summed E-state index contributed by atoms with van der Waals surface area (Å²) < 4.78 is 66.8. The molecule has 33 heavy (non-hydrogen) atoms. The molecule has 2 aromatic rings. The minimum Gasteiger partial charge on any atom is -0.493 e. The van der Waals surface area contributed by atoms with Gasteiger partial charge < -0.3 is 15.4 Å². The zero-order valence-electron chi connectivity index (χ0n) is 17.6. The minimum atomic E-state index is -4.61. The standard InChI is InChI=1S/C21H23Cl2F3NO5P/c1-20(27,19-31-33(28,29)32-19)9-8-14-5-7-18(15(11-14)21(24,25)26)30-10-2-3-13-4-6-16(22)17(23)12-13/h4-7,11-12,19H,2-3,8-10,27H2,1H3,(H,28,29). The maximum absolute atomic E-state index is 13.6. The summed E-state index contributed by atoms with van der Waals surface area (Å²) in [5.74, 6) is -0.261. The molecule has 182 valence electrons. The Morgan fingerprint density at radius 2 is 1.73 bits per heavy atom. The third-order valence-corrected chi connectivity index (χ3v) is 6.80. The van der Waals surface area contributed by atoms with E-state index in [0.717, 1.165) is 11.6 Å². The first kappa shape index (κ1) is 26.3. The number of aryl methyl sites for hydroxylation is 2. The molecular weight excluding hydrogens is 505 g/mol. The van der Waals surface area contributed by atoms with Gasteiger partial charge in [-0.2, -0.15) is 13.2 Å². The van der Waals surface area contributed by atoms with Gasteiger partial charge in [-0.15, -0.1) is 0 Å². The molecule has 1 unspecified atom stereocenters. The van der Waals surface area contributed by atoms with Crippen LogP contribution in [0.15, 0.2) is 36.4 Å². The lowest BCUT2D eigenvalue weighted by Crippen LogP contribution is -2.54. The number of alkyl halides is 3. The molecule has 0 amide bonds. The maximum atomic E-state index is 13.6.